The third-order valence-corrected chi connectivity index (χ3v) is 8.10. The molecular formula is C24H21N5O2S2. The van der Waals surface area contributed by atoms with E-state index >= 15 is 0 Å². The van der Waals surface area contributed by atoms with Gasteiger partial charge in [-0.1, -0.05) is 18.6 Å². The molecule has 0 radical (unpaired) electrons. The van der Waals surface area contributed by atoms with Crippen LogP contribution in [0.3, 0.4) is 0 Å². The van der Waals surface area contributed by atoms with Crippen LogP contribution in [0.5, 0.6) is 0 Å². The lowest BCUT2D eigenvalue weighted by atomic mass is 10.1. The first-order chi connectivity index (χ1) is 16.1. The van der Waals surface area contributed by atoms with Gasteiger partial charge in [-0.05, 0) is 37.5 Å². The van der Waals surface area contributed by atoms with Gasteiger partial charge >= 0.3 is 0 Å². The van der Waals surface area contributed by atoms with Crippen molar-refractivity contribution in [2.75, 3.05) is 5.32 Å². The molecule has 0 saturated heterocycles. The molecule has 9 heteroatoms. The highest BCUT2D eigenvalue weighted by molar-refractivity contribution is 7.20. The number of nitrogens with zero attached hydrogens (tertiary/aromatic N) is 4. The summed E-state index contributed by atoms with van der Waals surface area (Å²) in [6.07, 6.45) is 7.93. The minimum atomic E-state index is -0.217. The first-order valence-corrected chi connectivity index (χ1v) is 12.6. The van der Waals surface area contributed by atoms with Crippen molar-refractivity contribution >= 4 is 49.4 Å². The third-order valence-electron chi connectivity index (χ3n) is 6.15. The van der Waals surface area contributed by atoms with Crippen molar-refractivity contribution in [2.45, 2.75) is 39.2 Å². The molecule has 0 unspecified atom stereocenters. The number of aryl methyl sites for hydroxylation is 2. The fourth-order valence-electron chi connectivity index (χ4n) is 4.41. The number of hydrogen-bond donors (Lipinski definition) is 1. The average molecular weight is 476 g/mol. The van der Waals surface area contributed by atoms with E-state index in [2.05, 4.69) is 10.3 Å². The number of hydrogen-bond acceptors (Lipinski definition) is 6. The Morgan fingerprint density at radius 1 is 1.12 bits per heavy atom. The number of carbonyl (C=O) groups is 1. The van der Waals surface area contributed by atoms with Gasteiger partial charge in [0.15, 0.2) is 4.96 Å². The molecule has 0 bridgehead atoms. The summed E-state index contributed by atoms with van der Waals surface area (Å²) in [7, 11) is 0. The van der Waals surface area contributed by atoms with Crippen LogP contribution < -0.4 is 10.9 Å². The number of amides is 1. The van der Waals surface area contributed by atoms with Gasteiger partial charge in [-0.15, -0.1) is 22.7 Å². The van der Waals surface area contributed by atoms with E-state index < -0.39 is 0 Å². The molecule has 1 aliphatic rings. The largest absolute Gasteiger partial charge is 0.321 e. The topological polar surface area (TPSA) is 81.3 Å². The third kappa shape index (κ3) is 3.48. The van der Waals surface area contributed by atoms with E-state index in [0.717, 1.165) is 47.7 Å². The lowest BCUT2D eigenvalue weighted by Gasteiger charge is -2.08. The number of benzene rings is 1. The van der Waals surface area contributed by atoms with Crippen LogP contribution >= 0.6 is 22.7 Å². The van der Waals surface area contributed by atoms with Gasteiger partial charge in [-0.25, -0.2) is 9.97 Å². The van der Waals surface area contributed by atoms with Gasteiger partial charge in [-0.2, -0.15) is 0 Å². The number of carbonyl (C=O) groups excluding carboxylic acids is 1. The van der Waals surface area contributed by atoms with Gasteiger partial charge < -0.3 is 5.32 Å². The Labute approximate surface area is 197 Å². The number of imidazole rings is 1. The monoisotopic (exact) mass is 475 g/mol. The quantitative estimate of drug-likeness (QED) is 0.393. The van der Waals surface area contributed by atoms with Crippen molar-refractivity contribution in [3.8, 4) is 11.3 Å². The maximum absolute atomic E-state index is 13.1. The van der Waals surface area contributed by atoms with E-state index in [1.807, 2.05) is 53.4 Å². The number of aromatic nitrogens is 4. The lowest BCUT2D eigenvalue weighted by molar-refractivity contribution is 0.103. The Balaban J connectivity index is 1.28. The predicted octanol–water partition coefficient (Wildman–Crippen LogP) is 5.12. The van der Waals surface area contributed by atoms with Gasteiger partial charge in [0, 0.05) is 42.0 Å². The highest BCUT2D eigenvalue weighted by atomic mass is 32.1. The lowest BCUT2D eigenvalue weighted by Crippen LogP contribution is -2.24. The summed E-state index contributed by atoms with van der Waals surface area (Å²) in [6.45, 7) is 2.54. The van der Waals surface area contributed by atoms with E-state index in [9.17, 15) is 9.59 Å². The van der Waals surface area contributed by atoms with Crippen molar-refractivity contribution < 1.29 is 4.79 Å². The van der Waals surface area contributed by atoms with E-state index in [-0.39, 0.29) is 11.5 Å². The summed E-state index contributed by atoms with van der Waals surface area (Å²) in [5.74, 6) is 0.623. The number of nitrogens with one attached hydrogen (secondary N) is 1. The summed E-state index contributed by atoms with van der Waals surface area (Å²) in [6, 6.07) is 7.65. The number of thiophene rings is 1. The number of thiazole rings is 1. The molecule has 0 atom stereocenters. The van der Waals surface area contributed by atoms with Crippen LogP contribution in [0.4, 0.5) is 5.69 Å². The van der Waals surface area contributed by atoms with Gasteiger partial charge in [0.05, 0.1) is 16.0 Å². The number of rotatable bonds is 3. The molecule has 33 heavy (non-hydrogen) atoms. The van der Waals surface area contributed by atoms with Gasteiger partial charge in [0.25, 0.3) is 11.5 Å². The zero-order valence-corrected chi connectivity index (χ0v) is 19.6. The van der Waals surface area contributed by atoms with Crippen molar-refractivity contribution in [1.29, 1.82) is 0 Å². The Morgan fingerprint density at radius 3 is 2.79 bits per heavy atom. The Bertz CT molecular complexity index is 1540. The molecule has 0 spiro atoms. The number of anilines is 1. The molecule has 5 heterocycles. The fourth-order valence-corrected chi connectivity index (χ4v) is 6.19. The SMILES string of the molecule is Cc1c(C(=O)Nc2ccc(-c3cn4ccsc4n3)cc2)sc2nc3n(c(=O)c12)CCCCC3. The molecule has 6 rings (SSSR count). The maximum Gasteiger partial charge on any atom is 0.266 e. The van der Waals surface area contributed by atoms with E-state index in [1.54, 1.807) is 15.9 Å². The van der Waals surface area contributed by atoms with Gasteiger partial charge in [0.2, 0.25) is 0 Å². The van der Waals surface area contributed by atoms with E-state index in [4.69, 9.17) is 4.98 Å². The van der Waals surface area contributed by atoms with E-state index in [1.165, 1.54) is 11.3 Å². The maximum atomic E-state index is 13.1. The molecule has 0 saturated carbocycles. The molecule has 1 amide bonds. The Kier molecular flexibility index (Phi) is 4.88. The Hall–Kier alpha value is -3.30. The van der Waals surface area contributed by atoms with Crippen LogP contribution in [-0.4, -0.2) is 24.8 Å². The van der Waals surface area contributed by atoms with Crippen molar-refractivity contribution in [2.24, 2.45) is 0 Å². The van der Waals surface area contributed by atoms with Crippen molar-refractivity contribution in [3.05, 3.63) is 68.7 Å². The summed E-state index contributed by atoms with van der Waals surface area (Å²) < 4.78 is 3.80. The molecular weight excluding hydrogens is 454 g/mol. The second-order valence-corrected chi connectivity index (χ2v) is 10.2. The van der Waals surface area contributed by atoms with Crippen LogP contribution in [-0.2, 0) is 13.0 Å². The molecule has 1 N–H and O–H groups in total. The average Bonchev–Trinajstić information content (AvgIpc) is 3.44. The van der Waals surface area contributed by atoms with Crippen LogP contribution in [0.2, 0.25) is 0 Å². The summed E-state index contributed by atoms with van der Waals surface area (Å²) in [5, 5.41) is 5.55. The molecule has 0 fully saturated rings. The highest BCUT2D eigenvalue weighted by Gasteiger charge is 2.22. The van der Waals surface area contributed by atoms with E-state index in [0.29, 0.717) is 32.9 Å². The molecule has 1 aromatic carbocycles. The molecule has 7 nitrogen and oxygen atoms in total. The second kappa shape index (κ2) is 7.93. The highest BCUT2D eigenvalue weighted by Crippen LogP contribution is 2.29. The molecule has 0 aliphatic carbocycles. The summed E-state index contributed by atoms with van der Waals surface area (Å²) in [5.41, 5.74) is 3.27. The first kappa shape index (κ1) is 20.3. The smallest absolute Gasteiger partial charge is 0.266 e. The zero-order chi connectivity index (χ0) is 22.5. The predicted molar refractivity (Wildman–Crippen MR) is 133 cm³/mol. The van der Waals surface area contributed by atoms with Gasteiger partial charge in [-0.3, -0.25) is 18.6 Å². The van der Waals surface area contributed by atoms with Crippen LogP contribution in [0.15, 0.2) is 46.8 Å². The molecule has 4 aromatic heterocycles. The molecule has 5 aromatic rings. The van der Waals surface area contributed by atoms with Crippen LogP contribution in [0, 0.1) is 6.92 Å². The van der Waals surface area contributed by atoms with Crippen LogP contribution in [0.25, 0.3) is 26.4 Å². The van der Waals surface area contributed by atoms with Crippen molar-refractivity contribution in [1.82, 2.24) is 18.9 Å². The molecule has 166 valence electrons. The Morgan fingerprint density at radius 2 is 1.97 bits per heavy atom. The van der Waals surface area contributed by atoms with Crippen molar-refractivity contribution in [3.63, 3.8) is 0 Å². The summed E-state index contributed by atoms with van der Waals surface area (Å²) >= 11 is 2.89. The van der Waals surface area contributed by atoms with Gasteiger partial charge in [0.1, 0.15) is 10.7 Å². The standard InChI is InChI=1S/C24H21N5O2S2/c1-14-19-22(27-18-5-3-2-4-10-29(18)23(19)31)33-20(14)21(30)25-16-8-6-15(7-9-16)17-13-28-11-12-32-24(28)26-17/h6-9,11-13H,2-5,10H2,1H3,(H,25,30). The number of fused-ring (bicyclic) bond motifs is 3. The zero-order valence-electron chi connectivity index (χ0n) is 18.0. The molecule has 1 aliphatic heterocycles. The minimum absolute atomic E-state index is 0.0194. The normalized spacial score (nSPS) is 13.8. The first-order valence-electron chi connectivity index (χ1n) is 11.0. The second-order valence-electron chi connectivity index (χ2n) is 8.28. The summed E-state index contributed by atoms with van der Waals surface area (Å²) in [4.78, 5) is 37.8. The van der Waals surface area contributed by atoms with Crippen LogP contribution in [0.1, 0.15) is 40.3 Å². The minimum Gasteiger partial charge on any atom is -0.321 e. The fraction of sp³-hybridized carbons (Fsp3) is 0.250.